The standard InChI is InChI=1S/C20H13F2NO5S3/c21-11-3-4-13-14(6-11)15(8-17(20(13)26)29-9-18(24)25)23-31(27,28)19-5-10-1-2-12(22)7-16(10)30-19/h1-8,23,26H,9H2,(H,24,25). The van der Waals surface area contributed by atoms with Gasteiger partial charge in [-0.3, -0.25) is 9.52 Å². The van der Waals surface area contributed by atoms with E-state index in [0.717, 1.165) is 35.2 Å². The highest BCUT2D eigenvalue weighted by Crippen LogP contribution is 2.41. The molecular weight excluding hydrogens is 468 g/mol. The number of sulfonamides is 1. The van der Waals surface area contributed by atoms with Crippen molar-refractivity contribution in [1.82, 2.24) is 0 Å². The summed E-state index contributed by atoms with van der Waals surface area (Å²) in [6, 6.07) is 10.0. The van der Waals surface area contributed by atoms with Crippen LogP contribution in [0.3, 0.4) is 0 Å². The van der Waals surface area contributed by atoms with Gasteiger partial charge in [0.05, 0.1) is 16.3 Å². The highest BCUT2D eigenvalue weighted by molar-refractivity contribution is 8.00. The first-order valence-electron chi connectivity index (χ1n) is 8.66. The topological polar surface area (TPSA) is 104 Å². The number of aromatic hydroxyl groups is 1. The SMILES string of the molecule is O=C(O)CSc1cc(NS(=O)(=O)c2cc3ccc(F)cc3s2)c2cc(F)ccc2c1O. The first-order valence-corrected chi connectivity index (χ1v) is 11.9. The van der Waals surface area contributed by atoms with E-state index in [0.29, 0.717) is 10.1 Å². The number of aliphatic carboxylic acids is 1. The van der Waals surface area contributed by atoms with E-state index in [4.69, 9.17) is 5.11 Å². The molecule has 0 aliphatic heterocycles. The van der Waals surface area contributed by atoms with Crippen molar-refractivity contribution in [3.63, 3.8) is 0 Å². The average Bonchev–Trinajstić information content (AvgIpc) is 3.13. The van der Waals surface area contributed by atoms with Crippen molar-refractivity contribution in [3.05, 3.63) is 60.2 Å². The summed E-state index contributed by atoms with van der Waals surface area (Å²) in [6.07, 6.45) is 0. The summed E-state index contributed by atoms with van der Waals surface area (Å²) in [7, 11) is -4.14. The van der Waals surface area contributed by atoms with Gasteiger partial charge >= 0.3 is 5.97 Å². The zero-order valence-corrected chi connectivity index (χ0v) is 17.9. The van der Waals surface area contributed by atoms with Crippen LogP contribution in [-0.2, 0) is 14.8 Å². The number of carboxylic acid groups (broad SMARTS) is 1. The molecule has 3 N–H and O–H groups in total. The van der Waals surface area contributed by atoms with Gasteiger partial charge in [-0.25, -0.2) is 17.2 Å². The van der Waals surface area contributed by atoms with E-state index in [1.54, 1.807) is 0 Å². The number of phenolic OH excluding ortho intramolecular Hbond substituents is 1. The Bertz CT molecular complexity index is 1450. The number of hydrogen-bond acceptors (Lipinski definition) is 6. The molecule has 0 bridgehead atoms. The van der Waals surface area contributed by atoms with E-state index in [1.807, 2.05) is 0 Å². The molecule has 31 heavy (non-hydrogen) atoms. The Morgan fingerprint density at radius 2 is 1.74 bits per heavy atom. The van der Waals surface area contributed by atoms with Crippen molar-refractivity contribution in [3.8, 4) is 5.75 Å². The van der Waals surface area contributed by atoms with Gasteiger partial charge in [0.25, 0.3) is 10.0 Å². The predicted molar refractivity (Wildman–Crippen MR) is 117 cm³/mol. The van der Waals surface area contributed by atoms with Gasteiger partial charge in [0.1, 0.15) is 21.6 Å². The number of thiophene rings is 1. The van der Waals surface area contributed by atoms with Gasteiger partial charge in [0.15, 0.2) is 0 Å². The maximum absolute atomic E-state index is 13.9. The first-order chi connectivity index (χ1) is 14.6. The van der Waals surface area contributed by atoms with Gasteiger partial charge in [-0.05, 0) is 47.9 Å². The van der Waals surface area contributed by atoms with E-state index in [-0.39, 0.29) is 37.1 Å². The van der Waals surface area contributed by atoms with E-state index in [2.05, 4.69) is 4.72 Å². The number of phenols is 1. The minimum Gasteiger partial charge on any atom is -0.506 e. The fourth-order valence-corrected chi connectivity index (χ4v) is 6.22. The van der Waals surface area contributed by atoms with Crippen molar-refractivity contribution >= 4 is 65.6 Å². The lowest BCUT2D eigenvalue weighted by Crippen LogP contribution is -2.12. The van der Waals surface area contributed by atoms with Crippen LogP contribution in [0, 0.1) is 11.6 Å². The minimum atomic E-state index is -4.14. The Morgan fingerprint density at radius 3 is 2.48 bits per heavy atom. The lowest BCUT2D eigenvalue weighted by molar-refractivity contribution is -0.133. The van der Waals surface area contributed by atoms with Gasteiger partial charge in [0.2, 0.25) is 0 Å². The summed E-state index contributed by atoms with van der Waals surface area (Å²) in [5, 5.41) is 20.2. The van der Waals surface area contributed by atoms with Crippen LogP contribution >= 0.6 is 23.1 Å². The van der Waals surface area contributed by atoms with Crippen LogP contribution in [-0.4, -0.2) is 30.4 Å². The number of anilines is 1. The predicted octanol–water partition coefficient (Wildman–Crippen LogP) is 5.02. The van der Waals surface area contributed by atoms with Gasteiger partial charge < -0.3 is 10.2 Å². The molecule has 0 atom stereocenters. The van der Waals surface area contributed by atoms with Crippen molar-refractivity contribution in [2.45, 2.75) is 9.10 Å². The Kier molecular flexibility index (Phi) is 5.50. The maximum Gasteiger partial charge on any atom is 0.313 e. The molecule has 0 aliphatic rings. The molecule has 0 fully saturated rings. The molecule has 0 unspecified atom stereocenters. The van der Waals surface area contributed by atoms with Crippen LogP contribution in [0.1, 0.15) is 0 Å². The number of benzene rings is 3. The number of carboxylic acids is 1. The number of thioether (sulfide) groups is 1. The molecule has 0 saturated carbocycles. The molecule has 1 aromatic heterocycles. The van der Waals surface area contributed by atoms with Crippen LogP contribution < -0.4 is 4.72 Å². The third-order valence-corrected chi connectivity index (χ3v) is 8.31. The zero-order chi connectivity index (χ0) is 22.3. The molecule has 4 aromatic rings. The van der Waals surface area contributed by atoms with E-state index in [1.165, 1.54) is 36.4 Å². The molecule has 0 saturated heterocycles. The van der Waals surface area contributed by atoms with Crippen molar-refractivity contribution in [2.75, 3.05) is 10.5 Å². The van der Waals surface area contributed by atoms with E-state index >= 15 is 0 Å². The summed E-state index contributed by atoms with van der Waals surface area (Å²) in [5.41, 5.74) is -0.0242. The Balaban J connectivity index is 1.82. The second kappa shape index (κ2) is 7.98. The minimum absolute atomic E-state index is 0.0242. The number of nitrogens with one attached hydrogen (secondary N) is 1. The van der Waals surface area contributed by atoms with Crippen LogP contribution in [0.4, 0.5) is 14.5 Å². The quantitative estimate of drug-likeness (QED) is 0.264. The molecule has 0 aliphatic carbocycles. The molecular formula is C20H13F2NO5S3. The van der Waals surface area contributed by atoms with Gasteiger partial charge in [-0.15, -0.1) is 23.1 Å². The largest absolute Gasteiger partial charge is 0.506 e. The number of fused-ring (bicyclic) bond motifs is 2. The molecule has 160 valence electrons. The van der Waals surface area contributed by atoms with E-state index in [9.17, 15) is 27.1 Å². The zero-order valence-electron chi connectivity index (χ0n) is 15.4. The summed E-state index contributed by atoms with van der Waals surface area (Å²) < 4.78 is 56.1. The number of rotatable bonds is 6. The fourth-order valence-electron chi connectivity index (χ4n) is 3.00. The van der Waals surface area contributed by atoms with Crippen molar-refractivity contribution in [2.24, 2.45) is 0 Å². The summed E-state index contributed by atoms with van der Waals surface area (Å²) in [4.78, 5) is 11.0. The van der Waals surface area contributed by atoms with Gasteiger partial charge in [0, 0.05) is 15.5 Å². The molecule has 0 amide bonds. The van der Waals surface area contributed by atoms with Crippen LogP contribution in [0.5, 0.6) is 5.75 Å². The third kappa shape index (κ3) is 4.29. The second-order valence-corrected chi connectivity index (χ2v) is 10.5. The molecule has 11 heteroatoms. The Morgan fingerprint density at radius 1 is 1.03 bits per heavy atom. The Hall–Kier alpha value is -2.89. The van der Waals surface area contributed by atoms with Gasteiger partial charge in [-0.2, -0.15) is 0 Å². The molecule has 6 nitrogen and oxygen atoms in total. The molecule has 3 aromatic carbocycles. The van der Waals surface area contributed by atoms with Gasteiger partial charge in [-0.1, -0.05) is 6.07 Å². The average molecular weight is 482 g/mol. The molecule has 4 rings (SSSR count). The van der Waals surface area contributed by atoms with Crippen LogP contribution in [0.25, 0.3) is 20.9 Å². The van der Waals surface area contributed by atoms with Crippen molar-refractivity contribution < 1.29 is 32.2 Å². The lowest BCUT2D eigenvalue weighted by atomic mass is 10.1. The summed E-state index contributed by atoms with van der Waals surface area (Å²) >= 11 is 1.67. The maximum atomic E-state index is 13.9. The highest BCUT2D eigenvalue weighted by atomic mass is 32.2. The van der Waals surface area contributed by atoms with Crippen molar-refractivity contribution in [1.29, 1.82) is 0 Å². The molecule has 0 radical (unpaired) electrons. The molecule has 0 spiro atoms. The number of hydrogen-bond donors (Lipinski definition) is 3. The molecule has 1 heterocycles. The highest BCUT2D eigenvalue weighted by Gasteiger charge is 2.21. The number of carbonyl (C=O) groups is 1. The summed E-state index contributed by atoms with van der Waals surface area (Å²) in [5.74, 6) is -2.90. The lowest BCUT2D eigenvalue weighted by Gasteiger charge is -2.14. The number of halogens is 2. The smallest absolute Gasteiger partial charge is 0.313 e. The normalized spacial score (nSPS) is 11.8. The monoisotopic (exact) mass is 481 g/mol. The van der Waals surface area contributed by atoms with E-state index < -0.39 is 27.6 Å². The summed E-state index contributed by atoms with van der Waals surface area (Å²) in [6.45, 7) is 0. The van der Waals surface area contributed by atoms with Crippen LogP contribution in [0.2, 0.25) is 0 Å². The second-order valence-electron chi connectivity index (χ2n) is 6.50. The first kappa shape index (κ1) is 21.3. The fraction of sp³-hybridized carbons (Fsp3) is 0.0500. The Labute approximate surface area is 183 Å². The van der Waals surface area contributed by atoms with Crippen LogP contribution in [0.15, 0.2) is 57.6 Å². The third-order valence-electron chi connectivity index (χ3n) is 4.36.